The number of nitrogens with one attached hydrogen (secondary N) is 1. The van der Waals surface area contributed by atoms with Crippen LogP contribution in [0.2, 0.25) is 0 Å². The van der Waals surface area contributed by atoms with E-state index in [2.05, 4.69) is 5.32 Å². The highest BCUT2D eigenvalue weighted by atomic mass is 16.6. The average molecular weight is 434 g/mol. The van der Waals surface area contributed by atoms with E-state index in [0.29, 0.717) is 19.4 Å². The van der Waals surface area contributed by atoms with Gasteiger partial charge >= 0.3 is 12.1 Å². The molecule has 1 saturated heterocycles. The summed E-state index contributed by atoms with van der Waals surface area (Å²) in [5.74, 6) is -1.75. The zero-order chi connectivity index (χ0) is 23.0. The summed E-state index contributed by atoms with van der Waals surface area (Å²) in [6, 6.07) is 7.41. The molecule has 0 saturated carbocycles. The summed E-state index contributed by atoms with van der Waals surface area (Å²) in [6.45, 7) is 5.75. The van der Waals surface area contributed by atoms with Gasteiger partial charge in [-0.05, 0) is 45.6 Å². The van der Waals surface area contributed by atoms with Gasteiger partial charge in [0.2, 0.25) is 11.8 Å². The lowest BCUT2D eigenvalue weighted by atomic mass is 10.1. The van der Waals surface area contributed by atoms with Crippen molar-refractivity contribution in [1.29, 1.82) is 0 Å². The fraction of sp³-hybridized carbons (Fsp3) is 0.545. The summed E-state index contributed by atoms with van der Waals surface area (Å²) >= 11 is 0. The fourth-order valence-electron chi connectivity index (χ4n) is 3.20. The first-order valence-electron chi connectivity index (χ1n) is 10.4. The summed E-state index contributed by atoms with van der Waals surface area (Å²) in [5, 5.41) is 2.56. The molecule has 2 rings (SSSR count). The van der Waals surface area contributed by atoms with Crippen LogP contribution in [0.4, 0.5) is 4.79 Å². The van der Waals surface area contributed by atoms with E-state index in [4.69, 9.17) is 15.2 Å². The maximum atomic E-state index is 12.7. The molecule has 170 valence electrons. The van der Waals surface area contributed by atoms with Crippen molar-refractivity contribution >= 4 is 23.9 Å². The Morgan fingerprint density at radius 3 is 2.48 bits per heavy atom. The van der Waals surface area contributed by atoms with Crippen molar-refractivity contribution in [3.05, 3.63) is 35.9 Å². The zero-order valence-electron chi connectivity index (χ0n) is 18.3. The summed E-state index contributed by atoms with van der Waals surface area (Å²) in [4.78, 5) is 50.2. The molecule has 0 radical (unpaired) electrons. The number of likely N-dealkylation sites (tertiary alicyclic amines) is 1. The zero-order valence-corrected chi connectivity index (χ0v) is 18.3. The molecule has 0 aromatic heterocycles. The van der Waals surface area contributed by atoms with Gasteiger partial charge in [-0.3, -0.25) is 19.3 Å². The molecule has 3 N–H and O–H groups in total. The van der Waals surface area contributed by atoms with Gasteiger partial charge in [0.1, 0.15) is 24.3 Å². The van der Waals surface area contributed by atoms with Gasteiger partial charge in [-0.2, -0.15) is 0 Å². The van der Waals surface area contributed by atoms with Crippen LogP contribution in [-0.4, -0.2) is 53.0 Å². The first kappa shape index (κ1) is 24.2. The molecule has 1 heterocycles. The van der Waals surface area contributed by atoms with Crippen molar-refractivity contribution in [2.45, 2.75) is 70.7 Å². The molecular formula is C22H31N3O6. The van der Waals surface area contributed by atoms with Crippen LogP contribution >= 0.6 is 0 Å². The molecule has 1 aliphatic rings. The quantitative estimate of drug-likeness (QED) is 0.603. The summed E-state index contributed by atoms with van der Waals surface area (Å²) < 4.78 is 10.5. The number of rotatable bonds is 8. The number of hydrogen-bond donors (Lipinski definition) is 2. The number of benzene rings is 1. The SMILES string of the molecule is CC(C)(C)OC(=O)N1CCC[C@H]1C(=O)N[C@H](CCC(=O)OCc1ccccc1)C(N)=O. The smallest absolute Gasteiger partial charge is 0.410 e. The van der Waals surface area contributed by atoms with Gasteiger partial charge in [-0.15, -0.1) is 0 Å². The minimum Gasteiger partial charge on any atom is -0.461 e. The molecule has 1 fully saturated rings. The largest absolute Gasteiger partial charge is 0.461 e. The number of primary amides is 1. The van der Waals surface area contributed by atoms with Crippen molar-refractivity contribution in [3.8, 4) is 0 Å². The van der Waals surface area contributed by atoms with Crippen LogP contribution in [0.15, 0.2) is 30.3 Å². The molecule has 0 bridgehead atoms. The minimum atomic E-state index is -1.04. The predicted molar refractivity (Wildman–Crippen MR) is 113 cm³/mol. The van der Waals surface area contributed by atoms with Gasteiger partial charge in [0.25, 0.3) is 0 Å². The average Bonchev–Trinajstić information content (AvgIpc) is 3.19. The molecule has 9 heteroatoms. The fourth-order valence-corrected chi connectivity index (χ4v) is 3.20. The minimum absolute atomic E-state index is 0.00779. The van der Waals surface area contributed by atoms with Crippen LogP contribution in [0, 0.1) is 0 Å². The second kappa shape index (κ2) is 10.8. The highest BCUT2D eigenvalue weighted by molar-refractivity contribution is 5.91. The van der Waals surface area contributed by atoms with Gasteiger partial charge < -0.3 is 20.5 Å². The molecule has 1 aromatic rings. The molecular weight excluding hydrogens is 402 g/mol. The molecule has 3 amide bonds. The van der Waals surface area contributed by atoms with Crippen LogP contribution in [0.1, 0.15) is 52.0 Å². The molecule has 31 heavy (non-hydrogen) atoms. The Morgan fingerprint density at radius 2 is 1.87 bits per heavy atom. The van der Waals surface area contributed by atoms with Crippen LogP contribution < -0.4 is 11.1 Å². The van der Waals surface area contributed by atoms with E-state index in [1.165, 1.54) is 4.90 Å². The Hall–Kier alpha value is -3.10. The highest BCUT2D eigenvalue weighted by Gasteiger charge is 2.37. The second-order valence-electron chi connectivity index (χ2n) is 8.48. The van der Waals surface area contributed by atoms with Crippen LogP contribution in [0.25, 0.3) is 0 Å². The van der Waals surface area contributed by atoms with Crippen molar-refractivity contribution in [3.63, 3.8) is 0 Å². The van der Waals surface area contributed by atoms with Gasteiger partial charge in [0.15, 0.2) is 0 Å². The summed E-state index contributed by atoms with van der Waals surface area (Å²) in [5.41, 5.74) is 5.56. The molecule has 1 aromatic carbocycles. The van der Waals surface area contributed by atoms with E-state index in [0.717, 1.165) is 5.56 Å². The third-order valence-electron chi connectivity index (χ3n) is 4.72. The molecule has 9 nitrogen and oxygen atoms in total. The van der Waals surface area contributed by atoms with E-state index in [-0.39, 0.29) is 19.4 Å². The van der Waals surface area contributed by atoms with Crippen molar-refractivity contribution < 1.29 is 28.7 Å². The van der Waals surface area contributed by atoms with Gasteiger partial charge in [0.05, 0.1) is 0 Å². The maximum Gasteiger partial charge on any atom is 0.410 e. The Morgan fingerprint density at radius 1 is 1.19 bits per heavy atom. The number of carbonyl (C=O) groups is 4. The van der Waals surface area contributed by atoms with E-state index >= 15 is 0 Å². The standard InChI is InChI=1S/C22H31N3O6/c1-22(2,3)31-21(29)25-13-7-10-17(25)20(28)24-16(19(23)27)11-12-18(26)30-14-15-8-5-4-6-9-15/h4-6,8-9,16-17H,7,10-14H2,1-3H3,(H2,23,27)(H,24,28)/t16-,17+/m1/s1. The van der Waals surface area contributed by atoms with Gasteiger partial charge in [0, 0.05) is 13.0 Å². The number of amides is 3. The molecule has 2 atom stereocenters. The molecule has 0 aliphatic carbocycles. The molecule has 0 spiro atoms. The lowest BCUT2D eigenvalue weighted by Gasteiger charge is -2.28. The van der Waals surface area contributed by atoms with E-state index in [1.807, 2.05) is 30.3 Å². The number of nitrogens with two attached hydrogens (primary N) is 1. The summed E-state index contributed by atoms with van der Waals surface area (Å²) in [7, 11) is 0. The lowest BCUT2D eigenvalue weighted by molar-refractivity contribution is -0.145. The van der Waals surface area contributed by atoms with Crippen molar-refractivity contribution in [2.24, 2.45) is 5.73 Å². The lowest BCUT2D eigenvalue weighted by Crippen LogP contribution is -2.53. The third kappa shape index (κ3) is 7.92. The maximum absolute atomic E-state index is 12.7. The topological polar surface area (TPSA) is 128 Å². The number of esters is 1. The number of ether oxygens (including phenoxy) is 2. The van der Waals surface area contributed by atoms with Crippen LogP contribution in [-0.2, 0) is 30.5 Å². The second-order valence-corrected chi connectivity index (χ2v) is 8.48. The summed E-state index contributed by atoms with van der Waals surface area (Å²) in [6.07, 6.45) is 0.444. The van der Waals surface area contributed by atoms with Gasteiger partial charge in [-0.1, -0.05) is 30.3 Å². The van der Waals surface area contributed by atoms with E-state index < -0.39 is 41.6 Å². The van der Waals surface area contributed by atoms with E-state index in [9.17, 15) is 19.2 Å². The normalized spacial score (nSPS) is 17.0. The van der Waals surface area contributed by atoms with Crippen LogP contribution in [0.3, 0.4) is 0 Å². The Labute approximate surface area is 182 Å². The van der Waals surface area contributed by atoms with Crippen LogP contribution in [0.5, 0.6) is 0 Å². The Bertz CT molecular complexity index is 790. The number of carbonyl (C=O) groups excluding carboxylic acids is 4. The highest BCUT2D eigenvalue weighted by Crippen LogP contribution is 2.21. The van der Waals surface area contributed by atoms with Crippen molar-refractivity contribution in [2.75, 3.05) is 6.54 Å². The first-order chi connectivity index (χ1) is 14.6. The Balaban J connectivity index is 1.87. The number of nitrogens with zero attached hydrogens (tertiary/aromatic N) is 1. The third-order valence-corrected chi connectivity index (χ3v) is 4.72. The van der Waals surface area contributed by atoms with Gasteiger partial charge in [-0.25, -0.2) is 4.79 Å². The Kier molecular flexibility index (Phi) is 8.41. The first-order valence-corrected chi connectivity index (χ1v) is 10.4. The monoisotopic (exact) mass is 433 g/mol. The molecule has 0 unspecified atom stereocenters. The van der Waals surface area contributed by atoms with E-state index in [1.54, 1.807) is 20.8 Å². The molecule has 1 aliphatic heterocycles. The number of hydrogen-bond acceptors (Lipinski definition) is 6. The van der Waals surface area contributed by atoms with Crippen molar-refractivity contribution in [1.82, 2.24) is 10.2 Å². The predicted octanol–water partition coefficient (Wildman–Crippen LogP) is 1.88.